The van der Waals surface area contributed by atoms with Gasteiger partial charge in [0, 0.05) is 12.1 Å². The lowest BCUT2D eigenvalue weighted by Gasteiger charge is -2.18. The number of carbonyl (C=O) groups is 3. The summed E-state index contributed by atoms with van der Waals surface area (Å²) in [5.74, 6) is -1.69. The molecule has 0 aromatic rings. The monoisotopic (exact) mass is 271 g/mol. The van der Waals surface area contributed by atoms with Crippen LogP contribution in [0.1, 0.15) is 33.1 Å². The molecule has 3 amide bonds. The minimum Gasteiger partial charge on any atom is -0.481 e. The number of hydrogen-bond donors (Lipinski definition) is 4. The lowest BCUT2D eigenvalue weighted by molar-refractivity contribution is -0.142. The van der Waals surface area contributed by atoms with Gasteiger partial charge < -0.3 is 21.1 Å². The molecule has 2 atom stereocenters. The fourth-order valence-corrected chi connectivity index (χ4v) is 2.18. The first-order chi connectivity index (χ1) is 8.90. The minimum absolute atomic E-state index is 0.0172. The Balaban J connectivity index is 2.31. The van der Waals surface area contributed by atoms with Crippen molar-refractivity contribution >= 4 is 17.9 Å². The van der Waals surface area contributed by atoms with Crippen molar-refractivity contribution in [3.05, 3.63) is 0 Å². The van der Waals surface area contributed by atoms with E-state index in [0.717, 1.165) is 6.42 Å². The van der Waals surface area contributed by atoms with Gasteiger partial charge in [0.15, 0.2) is 0 Å². The molecule has 0 radical (unpaired) electrons. The van der Waals surface area contributed by atoms with E-state index in [0.29, 0.717) is 12.8 Å². The Kier molecular flexibility index (Phi) is 5.59. The summed E-state index contributed by atoms with van der Waals surface area (Å²) in [7, 11) is 0. The average molecular weight is 271 g/mol. The molecule has 1 fully saturated rings. The Labute approximate surface area is 112 Å². The SMILES string of the molecule is CC(C)NC(=O)CNC(=O)NC1CCCC1C(=O)O. The largest absolute Gasteiger partial charge is 0.481 e. The van der Waals surface area contributed by atoms with Crippen molar-refractivity contribution in [2.75, 3.05) is 6.54 Å². The summed E-state index contributed by atoms with van der Waals surface area (Å²) in [5, 5.41) is 16.6. The number of aliphatic carboxylic acids is 1. The van der Waals surface area contributed by atoms with Crippen LogP contribution in [0.25, 0.3) is 0 Å². The number of nitrogens with one attached hydrogen (secondary N) is 3. The van der Waals surface area contributed by atoms with Crippen LogP contribution in [0.3, 0.4) is 0 Å². The third kappa shape index (κ3) is 5.15. The van der Waals surface area contributed by atoms with Crippen molar-refractivity contribution in [1.82, 2.24) is 16.0 Å². The van der Waals surface area contributed by atoms with Crippen molar-refractivity contribution in [2.45, 2.75) is 45.2 Å². The fraction of sp³-hybridized carbons (Fsp3) is 0.750. The van der Waals surface area contributed by atoms with Crippen LogP contribution >= 0.6 is 0 Å². The zero-order valence-corrected chi connectivity index (χ0v) is 11.2. The van der Waals surface area contributed by atoms with E-state index in [1.165, 1.54) is 0 Å². The van der Waals surface area contributed by atoms with Crippen LogP contribution in [0.15, 0.2) is 0 Å². The molecule has 1 aliphatic rings. The molecule has 1 rings (SSSR count). The van der Waals surface area contributed by atoms with Gasteiger partial charge in [0.1, 0.15) is 0 Å². The van der Waals surface area contributed by atoms with Gasteiger partial charge in [-0.15, -0.1) is 0 Å². The minimum atomic E-state index is -0.889. The summed E-state index contributed by atoms with van der Waals surface area (Å²) in [6.07, 6.45) is 2.02. The average Bonchev–Trinajstić information content (AvgIpc) is 2.73. The highest BCUT2D eigenvalue weighted by atomic mass is 16.4. The molecular weight excluding hydrogens is 250 g/mol. The molecule has 1 saturated carbocycles. The second-order valence-corrected chi connectivity index (χ2v) is 5.03. The smallest absolute Gasteiger partial charge is 0.315 e. The number of amides is 3. The molecule has 4 N–H and O–H groups in total. The lowest BCUT2D eigenvalue weighted by Crippen LogP contribution is -2.48. The summed E-state index contributed by atoms with van der Waals surface area (Å²) < 4.78 is 0. The van der Waals surface area contributed by atoms with Crippen molar-refractivity contribution in [3.8, 4) is 0 Å². The molecule has 108 valence electrons. The highest BCUT2D eigenvalue weighted by Gasteiger charge is 2.33. The predicted molar refractivity (Wildman–Crippen MR) is 68.6 cm³/mol. The predicted octanol–water partition coefficient (Wildman–Crippen LogP) is 0.0635. The van der Waals surface area contributed by atoms with Crippen molar-refractivity contribution in [2.24, 2.45) is 5.92 Å². The maximum absolute atomic E-state index is 11.6. The summed E-state index contributed by atoms with van der Waals surface area (Å²) in [4.78, 5) is 33.8. The van der Waals surface area contributed by atoms with E-state index in [-0.39, 0.29) is 24.5 Å². The van der Waals surface area contributed by atoms with Crippen molar-refractivity contribution in [3.63, 3.8) is 0 Å². The molecule has 0 spiro atoms. The number of hydrogen-bond acceptors (Lipinski definition) is 3. The van der Waals surface area contributed by atoms with E-state index in [1.54, 1.807) is 0 Å². The molecule has 0 aliphatic heterocycles. The van der Waals surface area contributed by atoms with Gasteiger partial charge in [-0.3, -0.25) is 9.59 Å². The molecule has 1 aliphatic carbocycles. The lowest BCUT2D eigenvalue weighted by atomic mass is 10.0. The molecule has 0 bridgehead atoms. The molecule has 7 heteroatoms. The summed E-state index contributed by atoms with van der Waals surface area (Å²) in [6, 6.07) is -0.841. The number of carboxylic acid groups (broad SMARTS) is 1. The van der Waals surface area contributed by atoms with Gasteiger partial charge in [0.25, 0.3) is 0 Å². The Morgan fingerprint density at radius 3 is 2.53 bits per heavy atom. The van der Waals surface area contributed by atoms with Gasteiger partial charge in [0.2, 0.25) is 5.91 Å². The number of carboxylic acids is 1. The zero-order chi connectivity index (χ0) is 14.4. The van der Waals surface area contributed by atoms with E-state index < -0.39 is 17.9 Å². The number of carbonyl (C=O) groups excluding carboxylic acids is 2. The first kappa shape index (κ1) is 15.3. The van der Waals surface area contributed by atoms with Gasteiger partial charge in [-0.05, 0) is 26.7 Å². The second kappa shape index (κ2) is 6.96. The van der Waals surface area contributed by atoms with E-state index in [9.17, 15) is 14.4 Å². The standard InChI is InChI=1S/C12H21N3O4/c1-7(2)14-10(16)6-13-12(19)15-9-5-3-4-8(9)11(17)18/h7-9H,3-6H2,1-2H3,(H,14,16)(H,17,18)(H2,13,15,19). The zero-order valence-electron chi connectivity index (χ0n) is 11.2. The summed E-state index contributed by atoms with van der Waals surface area (Å²) in [5.41, 5.74) is 0. The number of urea groups is 1. The maximum Gasteiger partial charge on any atom is 0.315 e. The highest BCUT2D eigenvalue weighted by Crippen LogP contribution is 2.25. The van der Waals surface area contributed by atoms with Crippen LogP contribution in [0.2, 0.25) is 0 Å². The maximum atomic E-state index is 11.6. The third-order valence-electron chi connectivity index (χ3n) is 3.01. The fourth-order valence-electron chi connectivity index (χ4n) is 2.18. The first-order valence-electron chi connectivity index (χ1n) is 6.46. The summed E-state index contributed by atoms with van der Waals surface area (Å²) in [6.45, 7) is 3.54. The van der Waals surface area contributed by atoms with Gasteiger partial charge >= 0.3 is 12.0 Å². The second-order valence-electron chi connectivity index (χ2n) is 5.03. The van der Waals surface area contributed by atoms with Crippen molar-refractivity contribution < 1.29 is 19.5 Å². The van der Waals surface area contributed by atoms with E-state index >= 15 is 0 Å². The van der Waals surface area contributed by atoms with Crippen LogP contribution in [-0.2, 0) is 9.59 Å². The van der Waals surface area contributed by atoms with Gasteiger partial charge in [0.05, 0.1) is 12.5 Å². The van der Waals surface area contributed by atoms with Crippen LogP contribution in [0.4, 0.5) is 4.79 Å². The Morgan fingerprint density at radius 1 is 1.26 bits per heavy atom. The van der Waals surface area contributed by atoms with E-state index in [2.05, 4.69) is 16.0 Å². The van der Waals surface area contributed by atoms with E-state index in [4.69, 9.17) is 5.11 Å². The van der Waals surface area contributed by atoms with Gasteiger partial charge in [-0.25, -0.2) is 4.79 Å². The molecule has 7 nitrogen and oxygen atoms in total. The molecule has 2 unspecified atom stereocenters. The topological polar surface area (TPSA) is 108 Å². The molecule has 0 heterocycles. The van der Waals surface area contributed by atoms with Crippen LogP contribution in [-0.4, -0.2) is 41.6 Å². The van der Waals surface area contributed by atoms with E-state index in [1.807, 2.05) is 13.8 Å². The molecule has 0 aromatic heterocycles. The number of rotatable bonds is 5. The van der Waals surface area contributed by atoms with Gasteiger partial charge in [-0.1, -0.05) is 6.42 Å². The molecule has 19 heavy (non-hydrogen) atoms. The Morgan fingerprint density at radius 2 is 1.95 bits per heavy atom. The van der Waals surface area contributed by atoms with Crippen LogP contribution < -0.4 is 16.0 Å². The quantitative estimate of drug-likeness (QED) is 0.567. The van der Waals surface area contributed by atoms with Crippen molar-refractivity contribution in [1.29, 1.82) is 0 Å². The normalized spacial score (nSPS) is 22.1. The van der Waals surface area contributed by atoms with Gasteiger partial charge in [-0.2, -0.15) is 0 Å². The summed E-state index contributed by atoms with van der Waals surface area (Å²) >= 11 is 0. The molecule has 0 aromatic carbocycles. The molecular formula is C12H21N3O4. The Hall–Kier alpha value is -1.79. The van der Waals surface area contributed by atoms with Crippen LogP contribution in [0, 0.1) is 5.92 Å². The first-order valence-corrected chi connectivity index (χ1v) is 6.46. The van der Waals surface area contributed by atoms with Crippen LogP contribution in [0.5, 0.6) is 0 Å². The molecule has 0 saturated heterocycles. The third-order valence-corrected chi connectivity index (χ3v) is 3.01. The highest BCUT2D eigenvalue weighted by molar-refractivity contribution is 5.84. The Bertz CT molecular complexity index is 357.